The highest BCUT2D eigenvalue weighted by Crippen LogP contribution is 2.19. The molecule has 0 fully saturated rings. The summed E-state index contributed by atoms with van der Waals surface area (Å²) in [6.07, 6.45) is 0.819. The second-order valence-corrected chi connectivity index (χ2v) is 6.11. The molecule has 5 nitrogen and oxygen atoms in total. The molecule has 2 amide bonds. The molecule has 0 saturated heterocycles. The number of amides is 2. The van der Waals surface area contributed by atoms with Gasteiger partial charge < -0.3 is 16.4 Å². The zero-order valence-corrected chi connectivity index (χ0v) is 14.8. The minimum atomic E-state index is -0.274. The quantitative estimate of drug-likeness (QED) is 0.580. The molecule has 3 rings (SSSR count). The SMILES string of the molecule is Nc1ccccc1CCC(=O)Nc1ccccc1C(=O)Nc1ccccc1. The van der Waals surface area contributed by atoms with Crippen LogP contribution >= 0.6 is 0 Å². The number of hydrogen-bond acceptors (Lipinski definition) is 3. The molecule has 27 heavy (non-hydrogen) atoms. The van der Waals surface area contributed by atoms with Crippen LogP contribution in [-0.4, -0.2) is 11.8 Å². The molecule has 3 aromatic rings. The zero-order chi connectivity index (χ0) is 19.1. The van der Waals surface area contributed by atoms with Crippen LogP contribution in [0.5, 0.6) is 0 Å². The first-order valence-corrected chi connectivity index (χ1v) is 8.72. The van der Waals surface area contributed by atoms with Crippen LogP contribution in [-0.2, 0) is 11.2 Å². The zero-order valence-electron chi connectivity index (χ0n) is 14.8. The second-order valence-electron chi connectivity index (χ2n) is 6.11. The number of carbonyl (C=O) groups is 2. The van der Waals surface area contributed by atoms with E-state index in [1.807, 2.05) is 54.6 Å². The summed E-state index contributed by atoms with van der Waals surface area (Å²) in [5, 5.41) is 5.66. The molecule has 0 heterocycles. The summed E-state index contributed by atoms with van der Waals surface area (Å²) < 4.78 is 0. The summed E-state index contributed by atoms with van der Waals surface area (Å²) in [6.45, 7) is 0. The summed E-state index contributed by atoms with van der Waals surface area (Å²) in [4.78, 5) is 24.9. The molecule has 136 valence electrons. The van der Waals surface area contributed by atoms with Crippen LogP contribution in [0.2, 0.25) is 0 Å². The predicted molar refractivity (Wildman–Crippen MR) is 109 cm³/mol. The molecule has 3 aromatic carbocycles. The molecule has 0 saturated carbocycles. The third-order valence-electron chi connectivity index (χ3n) is 4.15. The van der Waals surface area contributed by atoms with Gasteiger partial charge in [0, 0.05) is 17.8 Å². The first-order chi connectivity index (χ1) is 13.1. The topological polar surface area (TPSA) is 84.2 Å². The molecule has 0 spiro atoms. The van der Waals surface area contributed by atoms with Crippen LogP contribution in [0.1, 0.15) is 22.3 Å². The van der Waals surface area contributed by atoms with E-state index in [-0.39, 0.29) is 18.2 Å². The molecule has 0 aromatic heterocycles. The van der Waals surface area contributed by atoms with Gasteiger partial charge in [-0.25, -0.2) is 0 Å². The lowest BCUT2D eigenvalue weighted by atomic mass is 10.1. The smallest absolute Gasteiger partial charge is 0.257 e. The predicted octanol–water partition coefficient (Wildman–Crippen LogP) is 4.09. The number of nitrogens with two attached hydrogens (primary N) is 1. The highest BCUT2D eigenvalue weighted by Gasteiger charge is 2.13. The van der Waals surface area contributed by atoms with Crippen molar-refractivity contribution < 1.29 is 9.59 Å². The standard InChI is InChI=1S/C22H21N3O2/c23-19-12-6-4-8-16(19)14-15-21(26)25-20-13-7-5-11-18(20)22(27)24-17-9-2-1-3-10-17/h1-13H,14-15,23H2,(H,24,27)(H,25,26). The Morgan fingerprint density at radius 1 is 0.778 bits per heavy atom. The normalized spacial score (nSPS) is 10.2. The Balaban J connectivity index is 1.66. The largest absolute Gasteiger partial charge is 0.399 e. The molecule has 4 N–H and O–H groups in total. The maximum Gasteiger partial charge on any atom is 0.257 e. The number of aryl methyl sites for hydroxylation is 1. The lowest BCUT2D eigenvalue weighted by Gasteiger charge is -2.12. The molecule has 0 radical (unpaired) electrons. The van der Waals surface area contributed by atoms with Gasteiger partial charge in [0.05, 0.1) is 11.3 Å². The van der Waals surface area contributed by atoms with E-state index in [0.29, 0.717) is 29.0 Å². The van der Waals surface area contributed by atoms with Gasteiger partial charge in [0.1, 0.15) is 0 Å². The molecule has 5 heteroatoms. The van der Waals surface area contributed by atoms with Gasteiger partial charge in [-0.05, 0) is 42.3 Å². The van der Waals surface area contributed by atoms with Crippen molar-refractivity contribution in [2.45, 2.75) is 12.8 Å². The van der Waals surface area contributed by atoms with Gasteiger partial charge in [-0.15, -0.1) is 0 Å². The first kappa shape index (κ1) is 18.2. The van der Waals surface area contributed by atoms with E-state index in [0.717, 1.165) is 5.56 Å². The van der Waals surface area contributed by atoms with Gasteiger partial charge in [0.2, 0.25) is 5.91 Å². The van der Waals surface area contributed by atoms with E-state index in [4.69, 9.17) is 5.73 Å². The fraction of sp³-hybridized carbons (Fsp3) is 0.0909. The summed E-state index contributed by atoms with van der Waals surface area (Å²) in [5.74, 6) is -0.442. The number of nitrogen functional groups attached to an aromatic ring is 1. The summed E-state index contributed by atoms with van der Waals surface area (Å²) in [5.41, 5.74) is 9.11. The number of para-hydroxylation sites is 3. The van der Waals surface area contributed by atoms with Crippen molar-refractivity contribution in [1.29, 1.82) is 0 Å². The van der Waals surface area contributed by atoms with Gasteiger partial charge in [-0.1, -0.05) is 48.5 Å². The maximum atomic E-state index is 12.6. The molecular weight excluding hydrogens is 338 g/mol. The van der Waals surface area contributed by atoms with E-state index in [1.165, 1.54) is 0 Å². The fourth-order valence-corrected chi connectivity index (χ4v) is 2.73. The summed E-state index contributed by atoms with van der Waals surface area (Å²) in [7, 11) is 0. The molecule has 0 bridgehead atoms. The second kappa shape index (κ2) is 8.67. The highest BCUT2D eigenvalue weighted by molar-refractivity contribution is 6.10. The Bertz CT molecular complexity index is 939. The first-order valence-electron chi connectivity index (χ1n) is 8.72. The lowest BCUT2D eigenvalue weighted by Crippen LogP contribution is -2.18. The van der Waals surface area contributed by atoms with E-state index in [2.05, 4.69) is 10.6 Å². The molecule has 0 aliphatic heterocycles. The van der Waals surface area contributed by atoms with Crippen molar-refractivity contribution in [2.75, 3.05) is 16.4 Å². The number of rotatable bonds is 6. The van der Waals surface area contributed by atoms with Crippen molar-refractivity contribution >= 4 is 28.9 Å². The highest BCUT2D eigenvalue weighted by atomic mass is 16.2. The average molecular weight is 359 g/mol. The van der Waals surface area contributed by atoms with Gasteiger partial charge in [-0.2, -0.15) is 0 Å². The fourth-order valence-electron chi connectivity index (χ4n) is 2.73. The van der Waals surface area contributed by atoms with Crippen molar-refractivity contribution in [3.8, 4) is 0 Å². The molecule has 0 atom stereocenters. The number of anilines is 3. The van der Waals surface area contributed by atoms with E-state index >= 15 is 0 Å². The van der Waals surface area contributed by atoms with E-state index in [1.54, 1.807) is 24.3 Å². The Labute approximate surface area is 158 Å². The third kappa shape index (κ3) is 4.95. The Hall–Kier alpha value is -3.60. The van der Waals surface area contributed by atoms with E-state index in [9.17, 15) is 9.59 Å². The number of carbonyl (C=O) groups excluding carboxylic acids is 2. The maximum absolute atomic E-state index is 12.6. The van der Waals surface area contributed by atoms with Crippen LogP contribution < -0.4 is 16.4 Å². The Kier molecular flexibility index (Phi) is 5.84. The Morgan fingerprint density at radius 3 is 2.22 bits per heavy atom. The van der Waals surface area contributed by atoms with Crippen LogP contribution in [0.25, 0.3) is 0 Å². The molecule has 0 unspecified atom stereocenters. The molecule has 0 aliphatic carbocycles. The average Bonchev–Trinajstić information content (AvgIpc) is 2.68. The van der Waals surface area contributed by atoms with Gasteiger partial charge in [-0.3, -0.25) is 9.59 Å². The Morgan fingerprint density at radius 2 is 1.44 bits per heavy atom. The van der Waals surface area contributed by atoms with Gasteiger partial charge in [0.25, 0.3) is 5.91 Å². The van der Waals surface area contributed by atoms with Crippen LogP contribution in [0.4, 0.5) is 17.1 Å². The molecule has 0 aliphatic rings. The third-order valence-corrected chi connectivity index (χ3v) is 4.15. The van der Waals surface area contributed by atoms with Crippen LogP contribution in [0.15, 0.2) is 78.9 Å². The van der Waals surface area contributed by atoms with Crippen molar-refractivity contribution in [2.24, 2.45) is 0 Å². The van der Waals surface area contributed by atoms with Crippen molar-refractivity contribution in [1.82, 2.24) is 0 Å². The number of nitrogens with one attached hydrogen (secondary N) is 2. The number of benzene rings is 3. The minimum Gasteiger partial charge on any atom is -0.399 e. The van der Waals surface area contributed by atoms with Crippen LogP contribution in [0, 0.1) is 0 Å². The van der Waals surface area contributed by atoms with Crippen molar-refractivity contribution in [3.05, 3.63) is 90.0 Å². The van der Waals surface area contributed by atoms with Crippen molar-refractivity contribution in [3.63, 3.8) is 0 Å². The number of hydrogen-bond donors (Lipinski definition) is 3. The monoisotopic (exact) mass is 359 g/mol. The van der Waals surface area contributed by atoms with Gasteiger partial charge in [0.15, 0.2) is 0 Å². The van der Waals surface area contributed by atoms with E-state index < -0.39 is 0 Å². The summed E-state index contributed by atoms with van der Waals surface area (Å²) >= 11 is 0. The molecular formula is C22H21N3O2. The summed E-state index contributed by atoms with van der Waals surface area (Å²) in [6, 6.07) is 23.6. The van der Waals surface area contributed by atoms with Crippen LogP contribution in [0.3, 0.4) is 0 Å². The lowest BCUT2D eigenvalue weighted by molar-refractivity contribution is -0.116. The van der Waals surface area contributed by atoms with Gasteiger partial charge >= 0.3 is 0 Å². The minimum absolute atomic E-state index is 0.168.